The molecular weight excluding hydrogens is 268 g/mol. The number of aromatic nitrogens is 1. The molecule has 1 N–H and O–H groups in total. The standard InChI is InChI=1S/C16H22N2OS/c1-12(2)15-11-20-16(18(15)9-10-19)17-13(3)14-7-5-4-6-8-14/h4-8,11-13,19H,9-10H2,1-3H3/t13-/m0/s1. The fraction of sp³-hybridized carbons (Fsp3) is 0.438. The first-order valence-electron chi connectivity index (χ1n) is 7.01. The first-order chi connectivity index (χ1) is 9.63. The smallest absolute Gasteiger partial charge is 0.185 e. The van der Waals surface area contributed by atoms with Crippen molar-refractivity contribution in [3.63, 3.8) is 0 Å². The van der Waals surface area contributed by atoms with Crippen LogP contribution in [0.4, 0.5) is 0 Å². The first-order valence-corrected chi connectivity index (χ1v) is 7.89. The van der Waals surface area contributed by atoms with Gasteiger partial charge in [0.25, 0.3) is 0 Å². The van der Waals surface area contributed by atoms with Gasteiger partial charge in [-0.2, -0.15) is 0 Å². The second-order valence-corrected chi connectivity index (χ2v) is 6.03. The fourth-order valence-corrected chi connectivity index (χ4v) is 3.36. The number of nitrogens with zero attached hydrogens (tertiary/aromatic N) is 2. The fourth-order valence-electron chi connectivity index (χ4n) is 2.20. The number of aliphatic hydroxyl groups excluding tert-OH is 1. The molecule has 2 rings (SSSR count). The van der Waals surface area contributed by atoms with Crippen LogP contribution in [0.25, 0.3) is 0 Å². The second-order valence-electron chi connectivity index (χ2n) is 5.19. The molecule has 0 saturated heterocycles. The highest BCUT2D eigenvalue weighted by molar-refractivity contribution is 7.07. The van der Waals surface area contributed by atoms with Crippen LogP contribution in [0.3, 0.4) is 0 Å². The van der Waals surface area contributed by atoms with Gasteiger partial charge in [0.2, 0.25) is 0 Å². The van der Waals surface area contributed by atoms with E-state index in [1.165, 1.54) is 11.3 Å². The molecule has 0 saturated carbocycles. The molecule has 0 fully saturated rings. The Morgan fingerprint density at radius 3 is 2.50 bits per heavy atom. The number of hydrogen-bond donors (Lipinski definition) is 1. The summed E-state index contributed by atoms with van der Waals surface area (Å²) >= 11 is 1.65. The summed E-state index contributed by atoms with van der Waals surface area (Å²) in [5.41, 5.74) is 2.45. The minimum Gasteiger partial charge on any atom is -0.395 e. The Bertz CT molecular complexity index is 598. The van der Waals surface area contributed by atoms with Gasteiger partial charge in [0.05, 0.1) is 12.6 Å². The molecule has 0 aliphatic heterocycles. The van der Waals surface area contributed by atoms with Crippen LogP contribution in [0.5, 0.6) is 0 Å². The van der Waals surface area contributed by atoms with Crippen LogP contribution in [-0.4, -0.2) is 16.3 Å². The number of rotatable bonds is 5. The van der Waals surface area contributed by atoms with Crippen molar-refractivity contribution in [2.45, 2.75) is 39.3 Å². The largest absolute Gasteiger partial charge is 0.395 e. The van der Waals surface area contributed by atoms with Crippen molar-refractivity contribution in [1.82, 2.24) is 4.57 Å². The van der Waals surface area contributed by atoms with Crippen molar-refractivity contribution in [1.29, 1.82) is 0 Å². The summed E-state index contributed by atoms with van der Waals surface area (Å²) in [5.74, 6) is 0.439. The third-order valence-corrected chi connectivity index (χ3v) is 4.22. The molecule has 0 unspecified atom stereocenters. The van der Waals surface area contributed by atoms with Crippen LogP contribution in [-0.2, 0) is 6.54 Å². The summed E-state index contributed by atoms with van der Waals surface area (Å²) in [6, 6.07) is 10.4. The van der Waals surface area contributed by atoms with E-state index in [0.717, 1.165) is 4.80 Å². The summed E-state index contributed by atoms with van der Waals surface area (Å²) in [6.07, 6.45) is 0. The summed E-state index contributed by atoms with van der Waals surface area (Å²) in [6.45, 7) is 7.19. The monoisotopic (exact) mass is 290 g/mol. The molecule has 0 amide bonds. The highest BCUT2D eigenvalue weighted by atomic mass is 32.1. The predicted octanol–water partition coefficient (Wildman–Crippen LogP) is 3.33. The molecule has 0 aliphatic rings. The summed E-state index contributed by atoms with van der Waals surface area (Å²) < 4.78 is 2.13. The van der Waals surface area contributed by atoms with E-state index in [-0.39, 0.29) is 12.6 Å². The highest BCUT2D eigenvalue weighted by Gasteiger charge is 2.10. The molecule has 1 heterocycles. The van der Waals surface area contributed by atoms with Gasteiger partial charge in [-0.05, 0) is 18.4 Å². The first kappa shape index (κ1) is 15.0. The third-order valence-electron chi connectivity index (χ3n) is 3.33. The Morgan fingerprint density at radius 2 is 1.90 bits per heavy atom. The lowest BCUT2D eigenvalue weighted by atomic mass is 10.1. The van der Waals surface area contributed by atoms with Gasteiger partial charge in [-0.15, -0.1) is 11.3 Å². The number of thiazole rings is 1. The molecule has 4 heteroatoms. The van der Waals surface area contributed by atoms with Gasteiger partial charge in [-0.25, -0.2) is 0 Å². The van der Waals surface area contributed by atoms with Crippen LogP contribution in [0.2, 0.25) is 0 Å². The van der Waals surface area contributed by atoms with E-state index in [1.807, 2.05) is 18.2 Å². The molecule has 0 spiro atoms. The quantitative estimate of drug-likeness (QED) is 0.901. The van der Waals surface area contributed by atoms with Crippen molar-refractivity contribution in [2.24, 2.45) is 4.99 Å². The van der Waals surface area contributed by atoms with Crippen molar-refractivity contribution >= 4 is 11.3 Å². The number of hydrogen-bond acceptors (Lipinski definition) is 3. The third kappa shape index (κ3) is 3.38. The maximum atomic E-state index is 9.26. The predicted molar refractivity (Wildman–Crippen MR) is 83.9 cm³/mol. The van der Waals surface area contributed by atoms with Crippen molar-refractivity contribution in [2.75, 3.05) is 6.61 Å². The lowest BCUT2D eigenvalue weighted by Gasteiger charge is -2.11. The molecule has 108 valence electrons. The molecule has 20 heavy (non-hydrogen) atoms. The highest BCUT2D eigenvalue weighted by Crippen LogP contribution is 2.18. The van der Waals surface area contributed by atoms with Crippen molar-refractivity contribution < 1.29 is 5.11 Å². The summed E-state index contributed by atoms with van der Waals surface area (Å²) in [4.78, 5) is 5.81. The van der Waals surface area contributed by atoms with Crippen molar-refractivity contribution in [3.8, 4) is 0 Å². The molecular formula is C16H22N2OS. The molecule has 1 atom stereocenters. The van der Waals surface area contributed by atoms with E-state index in [9.17, 15) is 5.11 Å². The van der Waals surface area contributed by atoms with E-state index in [2.05, 4.69) is 42.9 Å². The van der Waals surface area contributed by atoms with Gasteiger partial charge in [0.1, 0.15) is 0 Å². The SMILES string of the molecule is CC(C)c1csc(=N[C@@H](C)c2ccccc2)n1CCO. The van der Waals surface area contributed by atoms with E-state index in [0.29, 0.717) is 12.5 Å². The molecule has 0 bridgehead atoms. The average Bonchev–Trinajstić information content (AvgIpc) is 2.83. The van der Waals surface area contributed by atoms with E-state index in [4.69, 9.17) is 4.99 Å². The van der Waals surface area contributed by atoms with Crippen LogP contribution in [0.15, 0.2) is 40.7 Å². The zero-order valence-corrected chi connectivity index (χ0v) is 13.1. The zero-order valence-electron chi connectivity index (χ0n) is 12.3. The Kier molecular flexibility index (Phi) is 5.15. The lowest BCUT2D eigenvalue weighted by molar-refractivity contribution is 0.272. The van der Waals surface area contributed by atoms with Gasteiger partial charge in [-0.1, -0.05) is 44.2 Å². The lowest BCUT2D eigenvalue weighted by Crippen LogP contribution is -2.21. The van der Waals surface area contributed by atoms with E-state index < -0.39 is 0 Å². The minimum absolute atomic E-state index is 0.125. The Hall–Kier alpha value is -1.39. The van der Waals surface area contributed by atoms with E-state index >= 15 is 0 Å². The second kappa shape index (κ2) is 6.86. The normalized spacial score (nSPS) is 13.9. The van der Waals surface area contributed by atoms with Crippen LogP contribution >= 0.6 is 11.3 Å². The topological polar surface area (TPSA) is 37.5 Å². The van der Waals surface area contributed by atoms with Crippen LogP contribution in [0, 0.1) is 0 Å². The minimum atomic E-state index is 0.125. The molecule has 1 aromatic heterocycles. The maximum absolute atomic E-state index is 9.26. The number of benzene rings is 1. The molecule has 0 radical (unpaired) electrons. The van der Waals surface area contributed by atoms with E-state index in [1.54, 1.807) is 11.3 Å². The molecule has 0 aliphatic carbocycles. The Balaban J connectivity index is 2.39. The number of aliphatic hydroxyl groups is 1. The molecule has 2 aromatic rings. The van der Waals surface area contributed by atoms with Gasteiger partial charge >= 0.3 is 0 Å². The molecule has 1 aromatic carbocycles. The van der Waals surface area contributed by atoms with Gasteiger partial charge < -0.3 is 9.67 Å². The summed E-state index contributed by atoms with van der Waals surface area (Å²) in [5, 5.41) is 11.4. The Labute approximate surface area is 124 Å². The maximum Gasteiger partial charge on any atom is 0.185 e. The average molecular weight is 290 g/mol. The van der Waals surface area contributed by atoms with Crippen molar-refractivity contribution in [3.05, 3.63) is 51.8 Å². The molecule has 3 nitrogen and oxygen atoms in total. The van der Waals surface area contributed by atoms with Gasteiger partial charge in [-0.3, -0.25) is 4.99 Å². The summed E-state index contributed by atoms with van der Waals surface area (Å²) in [7, 11) is 0. The Morgan fingerprint density at radius 1 is 1.20 bits per heavy atom. The van der Waals surface area contributed by atoms with Crippen LogP contribution in [0.1, 0.15) is 44.0 Å². The zero-order chi connectivity index (χ0) is 14.5. The van der Waals surface area contributed by atoms with Gasteiger partial charge in [0.15, 0.2) is 4.80 Å². The van der Waals surface area contributed by atoms with Crippen LogP contribution < -0.4 is 4.80 Å². The van der Waals surface area contributed by atoms with Gasteiger partial charge in [0, 0.05) is 17.6 Å².